The zero-order chi connectivity index (χ0) is 15.0. The second-order valence-corrected chi connectivity index (χ2v) is 4.48. The Kier molecular flexibility index (Phi) is 3.01. The van der Waals surface area contributed by atoms with Crippen LogP contribution in [0.4, 0.5) is 13.2 Å². The van der Waals surface area contributed by atoms with E-state index >= 15 is 0 Å². The van der Waals surface area contributed by atoms with Crippen LogP contribution in [0.5, 0.6) is 0 Å². The molecule has 0 bridgehead atoms. The summed E-state index contributed by atoms with van der Waals surface area (Å²) in [6.07, 6.45) is -4.59. The monoisotopic (exact) mass is 290 g/mol. The summed E-state index contributed by atoms with van der Waals surface area (Å²) in [5, 5.41) is -0.440. The maximum atomic E-state index is 12.9. The van der Waals surface area contributed by atoms with Gasteiger partial charge in [0, 0.05) is 5.56 Å². The highest BCUT2D eigenvalue weighted by Gasteiger charge is 2.33. The first-order chi connectivity index (χ1) is 9.97. The van der Waals surface area contributed by atoms with Crippen molar-refractivity contribution in [2.75, 3.05) is 0 Å². The summed E-state index contributed by atoms with van der Waals surface area (Å²) in [6.45, 7) is 0. The lowest BCUT2D eigenvalue weighted by atomic mass is 10.1. The molecule has 0 unspecified atom stereocenters. The van der Waals surface area contributed by atoms with Crippen LogP contribution in [0.2, 0.25) is 0 Å². The Morgan fingerprint density at radius 3 is 2.33 bits per heavy atom. The molecule has 2 aromatic carbocycles. The first kappa shape index (κ1) is 13.4. The highest BCUT2D eigenvalue weighted by atomic mass is 19.4. The van der Waals surface area contributed by atoms with Gasteiger partial charge in [0.15, 0.2) is 0 Å². The van der Waals surface area contributed by atoms with Crippen LogP contribution in [0.1, 0.15) is 5.56 Å². The number of benzene rings is 2. The minimum atomic E-state index is -4.59. The number of aromatic nitrogens is 2. The molecule has 106 valence electrons. The Morgan fingerprint density at radius 2 is 1.67 bits per heavy atom. The fourth-order valence-electron chi connectivity index (χ4n) is 2.16. The molecule has 21 heavy (non-hydrogen) atoms. The summed E-state index contributed by atoms with van der Waals surface area (Å²) in [7, 11) is 0. The quantitative estimate of drug-likeness (QED) is 0.744. The largest absolute Gasteiger partial charge is 0.417 e. The van der Waals surface area contributed by atoms with E-state index < -0.39 is 22.7 Å². The van der Waals surface area contributed by atoms with Crippen LogP contribution in [-0.2, 0) is 6.18 Å². The molecule has 0 atom stereocenters. The Bertz CT molecular complexity index is 854. The van der Waals surface area contributed by atoms with E-state index in [1.165, 1.54) is 12.1 Å². The summed E-state index contributed by atoms with van der Waals surface area (Å²) >= 11 is 0. The van der Waals surface area contributed by atoms with Crippen molar-refractivity contribution in [2.45, 2.75) is 6.18 Å². The molecule has 1 heterocycles. The normalized spacial score (nSPS) is 11.8. The summed E-state index contributed by atoms with van der Waals surface area (Å²) in [5.74, 6) is 0.243. The fraction of sp³-hybridized carbons (Fsp3) is 0.0667. The first-order valence-electron chi connectivity index (χ1n) is 6.12. The summed E-state index contributed by atoms with van der Waals surface area (Å²) in [4.78, 5) is 18.6. The predicted molar refractivity (Wildman–Crippen MR) is 72.8 cm³/mol. The number of fused-ring (bicyclic) bond motifs is 1. The van der Waals surface area contributed by atoms with Crippen LogP contribution in [-0.4, -0.2) is 9.97 Å². The number of aromatic amines is 1. The number of nitrogens with zero attached hydrogens (tertiary/aromatic N) is 1. The van der Waals surface area contributed by atoms with Gasteiger partial charge in [-0.2, -0.15) is 13.2 Å². The van der Waals surface area contributed by atoms with Crippen molar-refractivity contribution < 1.29 is 13.2 Å². The van der Waals surface area contributed by atoms with Crippen LogP contribution < -0.4 is 5.56 Å². The highest BCUT2D eigenvalue weighted by Crippen LogP contribution is 2.33. The summed E-state index contributed by atoms with van der Waals surface area (Å²) in [6, 6.07) is 12.3. The number of rotatable bonds is 1. The Morgan fingerprint density at radius 1 is 0.952 bits per heavy atom. The topological polar surface area (TPSA) is 45.8 Å². The third-order valence-corrected chi connectivity index (χ3v) is 3.09. The molecule has 0 saturated heterocycles. The molecule has 0 aliphatic heterocycles. The van der Waals surface area contributed by atoms with E-state index in [0.717, 1.165) is 6.07 Å². The standard InChI is InChI=1S/C15H9F3N2O/c16-15(17,18)10-7-4-8-11-12(10)14(21)20-13(19-11)9-5-2-1-3-6-9/h1-8H,(H,19,20,21). The average molecular weight is 290 g/mol. The van der Waals surface area contributed by atoms with Crippen LogP contribution in [0, 0.1) is 0 Å². The van der Waals surface area contributed by atoms with Gasteiger partial charge in [-0.05, 0) is 12.1 Å². The number of alkyl halides is 3. The van der Waals surface area contributed by atoms with Gasteiger partial charge in [-0.25, -0.2) is 4.98 Å². The van der Waals surface area contributed by atoms with E-state index in [1.54, 1.807) is 30.3 Å². The molecule has 3 rings (SSSR count). The van der Waals surface area contributed by atoms with Crippen LogP contribution in [0.15, 0.2) is 53.3 Å². The van der Waals surface area contributed by atoms with E-state index in [-0.39, 0.29) is 11.3 Å². The minimum Gasteiger partial charge on any atom is -0.306 e. The molecule has 3 nitrogen and oxygen atoms in total. The molecule has 6 heteroatoms. The number of nitrogens with one attached hydrogen (secondary N) is 1. The number of halogens is 3. The van der Waals surface area contributed by atoms with Crippen LogP contribution in [0.25, 0.3) is 22.3 Å². The molecular formula is C15H9F3N2O. The highest BCUT2D eigenvalue weighted by molar-refractivity contribution is 5.83. The maximum absolute atomic E-state index is 12.9. The Balaban J connectivity index is 2.31. The molecular weight excluding hydrogens is 281 g/mol. The van der Waals surface area contributed by atoms with Gasteiger partial charge in [-0.3, -0.25) is 4.79 Å². The molecule has 1 N–H and O–H groups in total. The van der Waals surface area contributed by atoms with Gasteiger partial charge in [0.2, 0.25) is 0 Å². The van der Waals surface area contributed by atoms with E-state index in [1.807, 2.05) is 0 Å². The lowest BCUT2D eigenvalue weighted by Crippen LogP contribution is -2.16. The number of hydrogen-bond donors (Lipinski definition) is 1. The molecule has 1 aromatic heterocycles. The minimum absolute atomic E-state index is 0.0208. The zero-order valence-corrected chi connectivity index (χ0v) is 10.6. The van der Waals surface area contributed by atoms with E-state index in [9.17, 15) is 18.0 Å². The van der Waals surface area contributed by atoms with Crippen LogP contribution >= 0.6 is 0 Å². The molecule has 0 fully saturated rings. The van der Waals surface area contributed by atoms with E-state index in [0.29, 0.717) is 5.56 Å². The third kappa shape index (κ3) is 2.40. The van der Waals surface area contributed by atoms with E-state index in [2.05, 4.69) is 9.97 Å². The molecule has 0 saturated carbocycles. The van der Waals surface area contributed by atoms with Gasteiger partial charge in [-0.15, -0.1) is 0 Å². The third-order valence-electron chi connectivity index (χ3n) is 3.09. The predicted octanol–water partition coefficient (Wildman–Crippen LogP) is 3.61. The molecule has 0 radical (unpaired) electrons. The summed E-state index contributed by atoms with van der Waals surface area (Å²) in [5.41, 5.74) is -1.12. The van der Waals surface area contributed by atoms with Crippen molar-refractivity contribution in [1.82, 2.24) is 9.97 Å². The average Bonchev–Trinajstić information content (AvgIpc) is 2.46. The molecule has 3 aromatic rings. The van der Waals surface area contributed by atoms with Crippen molar-refractivity contribution in [1.29, 1.82) is 0 Å². The van der Waals surface area contributed by atoms with Gasteiger partial charge in [0.1, 0.15) is 5.82 Å². The van der Waals surface area contributed by atoms with Crippen molar-refractivity contribution in [3.8, 4) is 11.4 Å². The first-order valence-corrected chi connectivity index (χ1v) is 6.12. The number of hydrogen-bond acceptors (Lipinski definition) is 2. The number of H-pyrrole nitrogens is 1. The van der Waals surface area contributed by atoms with Crippen molar-refractivity contribution in [3.63, 3.8) is 0 Å². The lowest BCUT2D eigenvalue weighted by Gasteiger charge is -2.10. The second-order valence-electron chi connectivity index (χ2n) is 4.48. The Labute approximate surface area is 117 Å². The van der Waals surface area contributed by atoms with Gasteiger partial charge in [0.05, 0.1) is 16.5 Å². The van der Waals surface area contributed by atoms with Crippen molar-refractivity contribution >= 4 is 10.9 Å². The smallest absolute Gasteiger partial charge is 0.306 e. The second kappa shape index (κ2) is 4.73. The Hall–Kier alpha value is -2.63. The van der Waals surface area contributed by atoms with Crippen LogP contribution in [0.3, 0.4) is 0 Å². The maximum Gasteiger partial charge on any atom is 0.417 e. The molecule has 0 aliphatic rings. The SMILES string of the molecule is O=c1[nH]c(-c2ccccc2)nc2cccc(C(F)(F)F)c12. The van der Waals surface area contributed by atoms with E-state index in [4.69, 9.17) is 0 Å². The van der Waals surface area contributed by atoms with Gasteiger partial charge >= 0.3 is 6.18 Å². The van der Waals surface area contributed by atoms with Crippen molar-refractivity contribution in [3.05, 3.63) is 64.4 Å². The summed E-state index contributed by atoms with van der Waals surface area (Å²) < 4.78 is 38.8. The molecule has 0 spiro atoms. The lowest BCUT2D eigenvalue weighted by molar-refractivity contribution is -0.136. The van der Waals surface area contributed by atoms with Gasteiger partial charge in [-0.1, -0.05) is 36.4 Å². The molecule has 0 aliphatic carbocycles. The van der Waals surface area contributed by atoms with Crippen molar-refractivity contribution in [2.24, 2.45) is 0 Å². The zero-order valence-electron chi connectivity index (χ0n) is 10.6. The van der Waals surface area contributed by atoms with Gasteiger partial charge < -0.3 is 4.98 Å². The fourth-order valence-corrected chi connectivity index (χ4v) is 2.16. The van der Waals surface area contributed by atoms with Gasteiger partial charge in [0.25, 0.3) is 5.56 Å². The molecule has 0 amide bonds.